The lowest BCUT2D eigenvalue weighted by Gasteiger charge is -2.28. The van der Waals surface area contributed by atoms with Crippen LogP contribution in [0.3, 0.4) is 0 Å². The third-order valence-corrected chi connectivity index (χ3v) is 3.00. The van der Waals surface area contributed by atoms with Gasteiger partial charge in [0.2, 0.25) is 0 Å². The maximum Gasteiger partial charge on any atom is 0.183 e. The molecule has 90 valence electrons. The van der Waals surface area contributed by atoms with Crippen LogP contribution in [0.5, 0.6) is 0 Å². The second kappa shape index (κ2) is 4.25. The lowest BCUT2D eigenvalue weighted by molar-refractivity contribution is 0.585. The van der Waals surface area contributed by atoms with Crippen LogP contribution in [0.15, 0.2) is 6.33 Å². The summed E-state index contributed by atoms with van der Waals surface area (Å²) in [7, 11) is 0. The number of fused-ring (bicyclic) bond motifs is 1. The number of nitrogens with one attached hydrogen (secondary N) is 1. The van der Waals surface area contributed by atoms with E-state index in [9.17, 15) is 0 Å². The van der Waals surface area contributed by atoms with Gasteiger partial charge in [0.15, 0.2) is 17.0 Å². The average molecular weight is 233 g/mol. The maximum atomic E-state index is 4.35. The van der Waals surface area contributed by atoms with Gasteiger partial charge in [0.1, 0.15) is 6.33 Å². The molecule has 0 spiro atoms. The lowest BCUT2D eigenvalue weighted by Crippen LogP contribution is -2.44. The molecule has 2 aromatic rings. The Morgan fingerprint density at radius 1 is 1.29 bits per heavy atom. The van der Waals surface area contributed by atoms with Crippen molar-refractivity contribution in [2.24, 2.45) is 0 Å². The van der Waals surface area contributed by atoms with E-state index in [1.165, 1.54) is 0 Å². The molecule has 7 nitrogen and oxygen atoms in total. The first kappa shape index (κ1) is 10.4. The third kappa shape index (κ3) is 1.72. The third-order valence-electron chi connectivity index (χ3n) is 3.00. The standard InChI is InChI=1S/C10H15N7/c1-2-17-10-8(14-15-17)9(12-7-13-10)16-5-3-11-4-6-16/h7,11H,2-6H2,1H3. The zero-order valence-electron chi connectivity index (χ0n) is 9.80. The highest BCUT2D eigenvalue weighted by molar-refractivity contribution is 5.82. The first-order valence-corrected chi connectivity index (χ1v) is 5.90. The quantitative estimate of drug-likeness (QED) is 0.764. The van der Waals surface area contributed by atoms with E-state index in [1.807, 2.05) is 6.92 Å². The van der Waals surface area contributed by atoms with Gasteiger partial charge in [-0.05, 0) is 6.92 Å². The molecule has 0 aromatic carbocycles. The molecule has 1 aliphatic heterocycles. The number of hydrogen-bond acceptors (Lipinski definition) is 6. The van der Waals surface area contributed by atoms with Crippen molar-refractivity contribution in [2.45, 2.75) is 13.5 Å². The van der Waals surface area contributed by atoms with Crippen molar-refractivity contribution < 1.29 is 0 Å². The van der Waals surface area contributed by atoms with Crippen LogP contribution < -0.4 is 10.2 Å². The summed E-state index contributed by atoms with van der Waals surface area (Å²) in [6, 6.07) is 0. The molecular formula is C10H15N7. The van der Waals surface area contributed by atoms with E-state index in [4.69, 9.17) is 0 Å². The van der Waals surface area contributed by atoms with Gasteiger partial charge in [0, 0.05) is 32.7 Å². The number of nitrogens with zero attached hydrogens (tertiary/aromatic N) is 6. The van der Waals surface area contributed by atoms with Gasteiger partial charge in [-0.15, -0.1) is 5.10 Å². The van der Waals surface area contributed by atoms with Crippen molar-refractivity contribution in [3.8, 4) is 0 Å². The Balaban J connectivity index is 2.06. The molecule has 0 unspecified atom stereocenters. The highest BCUT2D eigenvalue weighted by Gasteiger charge is 2.18. The molecule has 0 amide bonds. The fourth-order valence-electron chi connectivity index (χ4n) is 2.10. The number of piperazine rings is 1. The van der Waals surface area contributed by atoms with Gasteiger partial charge in [-0.1, -0.05) is 5.21 Å². The fourth-order valence-corrected chi connectivity index (χ4v) is 2.10. The molecule has 0 saturated carbocycles. The highest BCUT2D eigenvalue weighted by atomic mass is 15.4. The first-order chi connectivity index (χ1) is 8.40. The van der Waals surface area contributed by atoms with Crippen LogP contribution in [-0.4, -0.2) is 51.1 Å². The van der Waals surface area contributed by atoms with E-state index in [0.717, 1.165) is 49.7 Å². The number of aryl methyl sites for hydroxylation is 1. The van der Waals surface area contributed by atoms with Crippen molar-refractivity contribution in [3.05, 3.63) is 6.33 Å². The van der Waals surface area contributed by atoms with E-state index < -0.39 is 0 Å². The Morgan fingerprint density at radius 2 is 2.12 bits per heavy atom. The van der Waals surface area contributed by atoms with E-state index in [-0.39, 0.29) is 0 Å². The van der Waals surface area contributed by atoms with Crippen molar-refractivity contribution in [2.75, 3.05) is 31.1 Å². The van der Waals surface area contributed by atoms with E-state index >= 15 is 0 Å². The van der Waals surface area contributed by atoms with Crippen molar-refractivity contribution in [3.63, 3.8) is 0 Å². The van der Waals surface area contributed by atoms with E-state index in [0.29, 0.717) is 0 Å². The summed E-state index contributed by atoms with van der Waals surface area (Å²) in [5.41, 5.74) is 1.62. The van der Waals surface area contributed by atoms with Gasteiger partial charge in [0.25, 0.3) is 0 Å². The number of hydrogen-bond donors (Lipinski definition) is 1. The Hall–Kier alpha value is -1.76. The molecule has 17 heavy (non-hydrogen) atoms. The monoisotopic (exact) mass is 233 g/mol. The van der Waals surface area contributed by atoms with Crippen LogP contribution in [0.2, 0.25) is 0 Å². The zero-order chi connectivity index (χ0) is 11.7. The van der Waals surface area contributed by atoms with Crippen LogP contribution in [-0.2, 0) is 6.54 Å². The van der Waals surface area contributed by atoms with Gasteiger partial charge in [-0.2, -0.15) is 0 Å². The smallest absolute Gasteiger partial charge is 0.183 e. The predicted octanol–water partition coefficient (Wildman–Crippen LogP) is -0.349. The summed E-state index contributed by atoms with van der Waals surface area (Å²) < 4.78 is 1.79. The molecule has 3 heterocycles. The van der Waals surface area contributed by atoms with Gasteiger partial charge in [0.05, 0.1) is 0 Å². The molecule has 0 atom stereocenters. The molecular weight excluding hydrogens is 218 g/mol. The number of rotatable bonds is 2. The average Bonchev–Trinajstić information content (AvgIpc) is 2.82. The summed E-state index contributed by atoms with van der Waals surface area (Å²) in [6.45, 7) is 6.66. The molecule has 2 aromatic heterocycles. The Labute approximate surface area is 98.8 Å². The fraction of sp³-hybridized carbons (Fsp3) is 0.600. The second-order valence-electron chi connectivity index (χ2n) is 4.01. The minimum atomic E-state index is 0.772. The van der Waals surface area contributed by atoms with E-state index in [2.05, 4.69) is 30.5 Å². The summed E-state index contributed by atoms with van der Waals surface area (Å²) in [6.07, 6.45) is 1.59. The molecule has 7 heteroatoms. The number of anilines is 1. The SMILES string of the molecule is CCn1nnc2c(N3CCNCC3)ncnc21. The molecule has 0 bridgehead atoms. The molecule has 0 radical (unpaired) electrons. The summed E-state index contributed by atoms with van der Waals surface area (Å²) >= 11 is 0. The largest absolute Gasteiger partial charge is 0.352 e. The van der Waals surface area contributed by atoms with Gasteiger partial charge >= 0.3 is 0 Å². The maximum absolute atomic E-state index is 4.35. The molecule has 0 aliphatic carbocycles. The van der Waals surface area contributed by atoms with Gasteiger partial charge in [-0.3, -0.25) is 0 Å². The van der Waals surface area contributed by atoms with E-state index in [1.54, 1.807) is 11.0 Å². The van der Waals surface area contributed by atoms with Crippen LogP contribution in [0.4, 0.5) is 5.82 Å². The Kier molecular flexibility index (Phi) is 2.60. The number of aromatic nitrogens is 5. The minimum Gasteiger partial charge on any atom is -0.352 e. The molecule has 1 saturated heterocycles. The van der Waals surface area contributed by atoms with Crippen LogP contribution in [0, 0.1) is 0 Å². The van der Waals surface area contributed by atoms with Crippen molar-refractivity contribution in [1.29, 1.82) is 0 Å². The molecule has 1 fully saturated rings. The van der Waals surface area contributed by atoms with Crippen LogP contribution >= 0.6 is 0 Å². The lowest BCUT2D eigenvalue weighted by atomic mass is 10.3. The van der Waals surface area contributed by atoms with Crippen LogP contribution in [0.1, 0.15) is 6.92 Å². The summed E-state index contributed by atoms with van der Waals surface area (Å²) in [5.74, 6) is 0.899. The predicted molar refractivity (Wildman–Crippen MR) is 63.9 cm³/mol. The highest BCUT2D eigenvalue weighted by Crippen LogP contribution is 2.20. The van der Waals surface area contributed by atoms with Crippen molar-refractivity contribution >= 4 is 17.0 Å². The van der Waals surface area contributed by atoms with Crippen molar-refractivity contribution in [1.82, 2.24) is 30.3 Å². The summed E-state index contributed by atoms with van der Waals surface area (Å²) in [4.78, 5) is 10.8. The topological polar surface area (TPSA) is 71.8 Å². The normalized spacial score (nSPS) is 16.6. The van der Waals surface area contributed by atoms with Gasteiger partial charge < -0.3 is 10.2 Å². The Morgan fingerprint density at radius 3 is 2.88 bits per heavy atom. The minimum absolute atomic E-state index is 0.772. The summed E-state index contributed by atoms with van der Waals surface area (Å²) in [5, 5.41) is 11.6. The second-order valence-corrected chi connectivity index (χ2v) is 4.01. The first-order valence-electron chi connectivity index (χ1n) is 5.90. The molecule has 1 aliphatic rings. The van der Waals surface area contributed by atoms with Gasteiger partial charge in [-0.25, -0.2) is 14.6 Å². The Bertz CT molecular complexity index is 514. The van der Waals surface area contributed by atoms with Crippen LogP contribution in [0.25, 0.3) is 11.2 Å². The zero-order valence-corrected chi connectivity index (χ0v) is 9.80. The molecule has 3 rings (SSSR count). The molecule has 1 N–H and O–H groups in total.